The van der Waals surface area contributed by atoms with Crippen LogP contribution in [0.2, 0.25) is 0 Å². The molecule has 3 aromatic rings. The van der Waals surface area contributed by atoms with Gasteiger partial charge in [-0.1, -0.05) is 41.7 Å². The minimum Gasteiger partial charge on any atom is -0.355 e. The second-order valence-electron chi connectivity index (χ2n) is 4.60. The monoisotopic (exact) mass is 298 g/mol. The number of benzene rings is 1. The molecule has 0 saturated carbocycles. The molecule has 0 aliphatic heterocycles. The first kappa shape index (κ1) is 13.5. The van der Waals surface area contributed by atoms with E-state index in [1.807, 2.05) is 43.3 Å². The topological polar surface area (TPSA) is 70.7 Å². The molecule has 0 aliphatic carbocycles. The molecule has 0 spiro atoms. The van der Waals surface area contributed by atoms with Crippen LogP contribution in [0.1, 0.15) is 21.2 Å². The Kier molecular flexibility index (Phi) is 3.79. The molecule has 2 aromatic heterocycles. The summed E-state index contributed by atoms with van der Waals surface area (Å²) in [5.74, 6) is -0.139. The number of carbonyl (C=O) groups is 1. The van der Waals surface area contributed by atoms with Crippen molar-refractivity contribution >= 4 is 17.2 Å². The predicted molar refractivity (Wildman–Crippen MR) is 82.0 cm³/mol. The Bertz CT molecular complexity index is 748. The summed E-state index contributed by atoms with van der Waals surface area (Å²) in [6.45, 7) is 2.29. The molecule has 0 saturated heterocycles. The molecular formula is C15H14N4OS. The van der Waals surface area contributed by atoms with Gasteiger partial charge in [-0.05, 0) is 19.1 Å². The molecule has 2 heterocycles. The van der Waals surface area contributed by atoms with Crippen molar-refractivity contribution in [3.63, 3.8) is 0 Å². The van der Waals surface area contributed by atoms with Crippen molar-refractivity contribution in [1.29, 1.82) is 0 Å². The van der Waals surface area contributed by atoms with E-state index in [0.29, 0.717) is 12.2 Å². The molecule has 0 bridgehead atoms. The predicted octanol–water partition coefficient (Wildman–Crippen LogP) is 2.77. The van der Waals surface area contributed by atoms with Gasteiger partial charge in [0.25, 0.3) is 5.91 Å². The average molecular weight is 298 g/mol. The maximum Gasteiger partial charge on any atom is 0.268 e. The van der Waals surface area contributed by atoms with Crippen LogP contribution >= 0.6 is 11.3 Å². The molecule has 3 rings (SSSR count). The van der Waals surface area contributed by atoms with Crippen LogP contribution in [-0.4, -0.2) is 21.1 Å². The number of rotatable bonds is 4. The first-order valence-corrected chi connectivity index (χ1v) is 7.35. The Balaban J connectivity index is 1.64. The van der Waals surface area contributed by atoms with Crippen LogP contribution in [0, 0.1) is 6.92 Å². The smallest absolute Gasteiger partial charge is 0.268 e. The van der Waals surface area contributed by atoms with Crippen LogP contribution in [0.25, 0.3) is 10.6 Å². The molecule has 0 atom stereocenters. The first-order chi connectivity index (χ1) is 10.2. The fourth-order valence-electron chi connectivity index (χ4n) is 1.91. The van der Waals surface area contributed by atoms with E-state index in [4.69, 9.17) is 0 Å². The van der Waals surface area contributed by atoms with Gasteiger partial charge in [-0.2, -0.15) is 0 Å². The number of aromatic amines is 1. The van der Waals surface area contributed by atoms with Gasteiger partial charge in [0, 0.05) is 11.3 Å². The summed E-state index contributed by atoms with van der Waals surface area (Å²) in [7, 11) is 0. The number of hydrogen-bond donors (Lipinski definition) is 2. The summed E-state index contributed by atoms with van der Waals surface area (Å²) in [6, 6.07) is 13.5. The summed E-state index contributed by atoms with van der Waals surface area (Å²) in [5.41, 5.74) is 2.55. The van der Waals surface area contributed by atoms with Gasteiger partial charge in [-0.3, -0.25) is 4.79 Å². The Morgan fingerprint density at radius 3 is 2.71 bits per heavy atom. The van der Waals surface area contributed by atoms with Crippen LogP contribution in [0.4, 0.5) is 0 Å². The van der Waals surface area contributed by atoms with Crippen molar-refractivity contribution in [2.75, 3.05) is 0 Å². The summed E-state index contributed by atoms with van der Waals surface area (Å²) >= 11 is 1.48. The SMILES string of the molecule is Cc1ccc(C(=O)NCc2nnc(-c3ccccc3)s2)[nH]1. The lowest BCUT2D eigenvalue weighted by atomic mass is 10.2. The van der Waals surface area contributed by atoms with Gasteiger partial charge in [-0.15, -0.1) is 10.2 Å². The number of amides is 1. The number of nitrogens with one attached hydrogen (secondary N) is 2. The van der Waals surface area contributed by atoms with Crippen molar-refractivity contribution in [1.82, 2.24) is 20.5 Å². The highest BCUT2D eigenvalue weighted by Gasteiger charge is 2.10. The number of H-pyrrole nitrogens is 1. The summed E-state index contributed by atoms with van der Waals surface area (Å²) in [5, 5.41) is 12.7. The minimum atomic E-state index is -0.139. The summed E-state index contributed by atoms with van der Waals surface area (Å²) in [4.78, 5) is 14.9. The lowest BCUT2D eigenvalue weighted by Crippen LogP contribution is -2.23. The van der Waals surface area contributed by atoms with Crippen LogP contribution in [0.3, 0.4) is 0 Å². The van der Waals surface area contributed by atoms with Gasteiger partial charge in [0.05, 0.1) is 6.54 Å². The Labute approximate surface area is 126 Å². The third-order valence-corrected chi connectivity index (χ3v) is 3.94. The number of hydrogen-bond acceptors (Lipinski definition) is 4. The molecule has 5 nitrogen and oxygen atoms in total. The van der Waals surface area contributed by atoms with E-state index in [1.165, 1.54) is 11.3 Å². The van der Waals surface area contributed by atoms with Gasteiger partial charge in [0.2, 0.25) is 0 Å². The highest BCUT2D eigenvalue weighted by Crippen LogP contribution is 2.22. The Hall–Kier alpha value is -2.47. The van der Waals surface area contributed by atoms with Gasteiger partial charge in [0.15, 0.2) is 0 Å². The zero-order chi connectivity index (χ0) is 14.7. The van der Waals surface area contributed by atoms with Gasteiger partial charge >= 0.3 is 0 Å². The molecular weight excluding hydrogens is 284 g/mol. The molecule has 0 fully saturated rings. The van der Waals surface area contributed by atoms with Gasteiger partial charge < -0.3 is 10.3 Å². The third kappa shape index (κ3) is 3.17. The molecule has 21 heavy (non-hydrogen) atoms. The fourth-order valence-corrected chi connectivity index (χ4v) is 2.69. The second-order valence-corrected chi connectivity index (χ2v) is 5.67. The molecule has 6 heteroatoms. The van der Waals surface area contributed by atoms with E-state index >= 15 is 0 Å². The van der Waals surface area contributed by atoms with E-state index in [2.05, 4.69) is 20.5 Å². The zero-order valence-electron chi connectivity index (χ0n) is 11.5. The van der Waals surface area contributed by atoms with E-state index < -0.39 is 0 Å². The standard InChI is InChI=1S/C15H14N4OS/c1-10-7-8-12(17-10)14(20)16-9-13-18-19-15(21-13)11-5-3-2-4-6-11/h2-8,17H,9H2,1H3,(H,16,20). The average Bonchev–Trinajstić information content (AvgIpc) is 3.15. The van der Waals surface area contributed by atoms with E-state index in [0.717, 1.165) is 21.3 Å². The molecule has 1 amide bonds. The molecule has 0 aliphatic rings. The van der Waals surface area contributed by atoms with Gasteiger partial charge in [0.1, 0.15) is 15.7 Å². The van der Waals surface area contributed by atoms with Crippen LogP contribution in [0.5, 0.6) is 0 Å². The maximum atomic E-state index is 11.9. The minimum absolute atomic E-state index is 0.139. The molecule has 106 valence electrons. The largest absolute Gasteiger partial charge is 0.355 e. The molecule has 0 unspecified atom stereocenters. The van der Waals surface area contributed by atoms with E-state index in [1.54, 1.807) is 6.07 Å². The fraction of sp³-hybridized carbons (Fsp3) is 0.133. The third-order valence-electron chi connectivity index (χ3n) is 2.96. The van der Waals surface area contributed by atoms with Crippen molar-refractivity contribution in [3.05, 3.63) is 58.9 Å². The van der Waals surface area contributed by atoms with Crippen LogP contribution < -0.4 is 5.32 Å². The highest BCUT2D eigenvalue weighted by atomic mass is 32.1. The highest BCUT2D eigenvalue weighted by molar-refractivity contribution is 7.14. The zero-order valence-corrected chi connectivity index (χ0v) is 12.3. The number of carbonyl (C=O) groups excluding carboxylic acids is 1. The van der Waals surface area contributed by atoms with Crippen molar-refractivity contribution in [2.45, 2.75) is 13.5 Å². The summed E-state index contributed by atoms with van der Waals surface area (Å²) in [6.07, 6.45) is 0. The van der Waals surface area contributed by atoms with Crippen LogP contribution in [0.15, 0.2) is 42.5 Å². The van der Waals surface area contributed by atoms with E-state index in [-0.39, 0.29) is 5.91 Å². The van der Waals surface area contributed by atoms with Gasteiger partial charge in [-0.25, -0.2) is 0 Å². The van der Waals surface area contributed by atoms with E-state index in [9.17, 15) is 4.79 Å². The Morgan fingerprint density at radius 1 is 1.19 bits per heavy atom. The molecule has 0 radical (unpaired) electrons. The maximum absolute atomic E-state index is 11.9. The lowest BCUT2D eigenvalue weighted by molar-refractivity contribution is 0.0946. The van der Waals surface area contributed by atoms with Crippen molar-refractivity contribution in [3.8, 4) is 10.6 Å². The second kappa shape index (κ2) is 5.88. The first-order valence-electron chi connectivity index (χ1n) is 6.54. The van der Waals surface area contributed by atoms with Crippen LogP contribution in [-0.2, 0) is 6.54 Å². The molecule has 1 aromatic carbocycles. The Morgan fingerprint density at radius 2 is 2.00 bits per heavy atom. The lowest BCUT2D eigenvalue weighted by Gasteiger charge is -2.00. The number of aryl methyl sites for hydroxylation is 1. The number of aromatic nitrogens is 3. The summed E-state index contributed by atoms with van der Waals surface area (Å²) < 4.78 is 0. The number of nitrogens with zero attached hydrogens (tertiary/aromatic N) is 2. The molecule has 2 N–H and O–H groups in total. The normalized spacial score (nSPS) is 10.5. The quantitative estimate of drug-likeness (QED) is 0.778. The van der Waals surface area contributed by atoms with Crippen molar-refractivity contribution in [2.24, 2.45) is 0 Å². The van der Waals surface area contributed by atoms with Crippen molar-refractivity contribution < 1.29 is 4.79 Å².